The van der Waals surface area contributed by atoms with Crippen molar-refractivity contribution in [3.05, 3.63) is 77.9 Å². The minimum atomic E-state index is -1.47. The molecule has 6 nitrogen and oxygen atoms in total. The molecule has 6 heteroatoms. The summed E-state index contributed by atoms with van der Waals surface area (Å²) >= 11 is 0. The molecule has 1 atom stereocenters. The van der Waals surface area contributed by atoms with E-state index in [9.17, 15) is 14.4 Å². The normalized spacial score (nSPS) is 18.8. The lowest BCUT2D eigenvalue weighted by Gasteiger charge is -2.25. The molecule has 0 heterocycles. The van der Waals surface area contributed by atoms with Gasteiger partial charge in [-0.25, -0.2) is 4.79 Å². The topological polar surface area (TPSA) is 78.9 Å². The molecule has 0 saturated heterocycles. The van der Waals surface area contributed by atoms with Crippen LogP contribution in [-0.2, 0) is 30.2 Å². The Labute approximate surface area is 175 Å². The largest absolute Gasteiger partial charge is 0.468 e. The predicted molar refractivity (Wildman–Crippen MR) is 110 cm³/mol. The average molecular weight is 408 g/mol. The van der Waals surface area contributed by atoms with Gasteiger partial charge in [0.15, 0.2) is 5.41 Å². The van der Waals surface area contributed by atoms with E-state index >= 15 is 0 Å². The minimum absolute atomic E-state index is 0.228. The van der Waals surface area contributed by atoms with Crippen LogP contribution in [0.25, 0.3) is 5.57 Å². The highest BCUT2D eigenvalue weighted by atomic mass is 16.5. The zero-order valence-electron chi connectivity index (χ0n) is 17.3. The van der Waals surface area contributed by atoms with E-state index in [4.69, 9.17) is 14.2 Å². The average Bonchev–Trinajstić information content (AvgIpc) is 3.48. The van der Waals surface area contributed by atoms with Gasteiger partial charge in [0.1, 0.15) is 0 Å². The van der Waals surface area contributed by atoms with Gasteiger partial charge in [0.25, 0.3) is 0 Å². The summed E-state index contributed by atoms with van der Waals surface area (Å²) in [6, 6.07) is 16.3. The molecule has 1 fully saturated rings. The molecule has 1 saturated carbocycles. The van der Waals surface area contributed by atoms with Crippen LogP contribution in [0.1, 0.15) is 27.9 Å². The van der Waals surface area contributed by atoms with Crippen LogP contribution in [0.15, 0.2) is 61.2 Å². The monoisotopic (exact) mass is 408 g/mol. The molecule has 1 aliphatic rings. The lowest BCUT2D eigenvalue weighted by Crippen LogP contribution is -2.35. The molecule has 0 aromatic heterocycles. The van der Waals surface area contributed by atoms with Crippen LogP contribution in [0.4, 0.5) is 0 Å². The lowest BCUT2D eigenvalue weighted by atomic mass is 9.78. The van der Waals surface area contributed by atoms with Gasteiger partial charge >= 0.3 is 17.9 Å². The van der Waals surface area contributed by atoms with Gasteiger partial charge in [0.2, 0.25) is 0 Å². The Bertz CT molecular complexity index is 961. The molecule has 0 amide bonds. The van der Waals surface area contributed by atoms with Crippen LogP contribution in [-0.4, -0.2) is 39.2 Å². The Morgan fingerprint density at radius 3 is 1.87 bits per heavy atom. The molecule has 30 heavy (non-hydrogen) atoms. The standard InChI is InChI=1S/C24H24O6/c1-16(18-10-12-19(13-11-18)20(25)28-2)23(14-17-8-6-5-7-9-17)15-24(23,21(26)29-3)22(27)30-4/h5-13H,1,14-15H2,2-4H3. The van der Waals surface area contributed by atoms with Gasteiger partial charge in [-0.05, 0) is 41.7 Å². The number of hydrogen-bond acceptors (Lipinski definition) is 6. The van der Waals surface area contributed by atoms with Gasteiger partial charge in [-0.3, -0.25) is 9.59 Å². The van der Waals surface area contributed by atoms with Crippen LogP contribution >= 0.6 is 0 Å². The highest BCUT2D eigenvalue weighted by Crippen LogP contribution is 2.72. The summed E-state index contributed by atoms with van der Waals surface area (Å²) < 4.78 is 14.7. The quantitative estimate of drug-likeness (QED) is 0.397. The number of benzene rings is 2. The van der Waals surface area contributed by atoms with Crippen molar-refractivity contribution >= 4 is 23.5 Å². The third-order valence-electron chi connectivity index (χ3n) is 5.91. The summed E-state index contributed by atoms with van der Waals surface area (Å²) in [7, 11) is 3.83. The second kappa shape index (κ2) is 8.14. The number of hydrogen-bond donors (Lipinski definition) is 0. The van der Waals surface area contributed by atoms with E-state index in [2.05, 4.69) is 6.58 Å². The van der Waals surface area contributed by atoms with E-state index in [0.29, 0.717) is 23.1 Å². The van der Waals surface area contributed by atoms with Gasteiger partial charge in [0.05, 0.1) is 26.9 Å². The summed E-state index contributed by atoms with van der Waals surface area (Å²) in [6.07, 6.45) is 0.640. The number of carbonyl (C=O) groups is 3. The Balaban J connectivity index is 2.06. The molecule has 2 aromatic rings. The lowest BCUT2D eigenvalue weighted by molar-refractivity contribution is -0.162. The fourth-order valence-corrected chi connectivity index (χ4v) is 4.21. The zero-order chi connectivity index (χ0) is 21.9. The predicted octanol–water partition coefficient (Wildman–Crippen LogP) is 3.45. The van der Waals surface area contributed by atoms with E-state index < -0.39 is 28.7 Å². The van der Waals surface area contributed by atoms with Crippen LogP contribution in [0.5, 0.6) is 0 Å². The number of ether oxygens (including phenoxy) is 3. The summed E-state index contributed by atoms with van der Waals surface area (Å²) in [5.41, 5.74) is 0.312. The molecule has 2 aromatic carbocycles. The van der Waals surface area contributed by atoms with Crippen LogP contribution in [0.3, 0.4) is 0 Å². The summed E-state index contributed by atoms with van der Waals surface area (Å²) in [4.78, 5) is 37.3. The van der Waals surface area contributed by atoms with Crippen molar-refractivity contribution in [3.8, 4) is 0 Å². The molecule has 0 spiro atoms. The molecule has 3 rings (SSSR count). The van der Waals surface area contributed by atoms with E-state index in [0.717, 1.165) is 5.56 Å². The zero-order valence-corrected chi connectivity index (χ0v) is 17.3. The van der Waals surface area contributed by atoms with Gasteiger partial charge in [0, 0.05) is 5.41 Å². The maximum atomic E-state index is 12.8. The highest BCUT2D eigenvalue weighted by molar-refractivity contribution is 6.08. The first-order valence-electron chi connectivity index (χ1n) is 9.45. The van der Waals surface area contributed by atoms with Crippen molar-refractivity contribution in [2.75, 3.05) is 21.3 Å². The third kappa shape index (κ3) is 3.28. The minimum Gasteiger partial charge on any atom is -0.468 e. The Morgan fingerprint density at radius 1 is 0.833 bits per heavy atom. The maximum absolute atomic E-state index is 12.8. The van der Waals surface area contributed by atoms with E-state index in [1.807, 2.05) is 30.3 Å². The Hall–Kier alpha value is -3.41. The van der Waals surface area contributed by atoms with Crippen LogP contribution in [0.2, 0.25) is 0 Å². The number of methoxy groups -OCH3 is 3. The van der Waals surface area contributed by atoms with Gasteiger partial charge in [-0.15, -0.1) is 0 Å². The van der Waals surface area contributed by atoms with E-state index in [1.165, 1.54) is 21.3 Å². The van der Waals surface area contributed by atoms with E-state index in [-0.39, 0.29) is 6.42 Å². The SMILES string of the molecule is C=C(c1ccc(C(=O)OC)cc1)C1(Cc2ccccc2)CC1(C(=O)OC)C(=O)OC. The molecule has 156 valence electrons. The van der Waals surface area contributed by atoms with E-state index in [1.54, 1.807) is 24.3 Å². The first-order chi connectivity index (χ1) is 14.4. The van der Waals surface area contributed by atoms with Gasteiger partial charge in [-0.1, -0.05) is 49.0 Å². The van der Waals surface area contributed by atoms with Crippen LogP contribution < -0.4 is 0 Å². The summed E-state index contributed by atoms with van der Waals surface area (Å²) in [5.74, 6) is -1.73. The molecule has 0 bridgehead atoms. The van der Waals surface area contributed by atoms with Gasteiger partial charge < -0.3 is 14.2 Å². The molecule has 1 aliphatic carbocycles. The fourth-order valence-electron chi connectivity index (χ4n) is 4.21. The van der Waals surface area contributed by atoms with Gasteiger partial charge in [-0.2, -0.15) is 0 Å². The molecule has 0 aliphatic heterocycles. The van der Waals surface area contributed by atoms with Crippen molar-refractivity contribution in [1.82, 2.24) is 0 Å². The summed E-state index contributed by atoms with van der Waals surface area (Å²) in [6.45, 7) is 4.25. The number of esters is 3. The Morgan fingerprint density at radius 2 is 1.37 bits per heavy atom. The third-order valence-corrected chi connectivity index (χ3v) is 5.91. The highest BCUT2D eigenvalue weighted by Gasteiger charge is 2.79. The number of carbonyl (C=O) groups excluding carboxylic acids is 3. The summed E-state index contributed by atoms with van der Waals surface area (Å²) in [5, 5.41) is 0. The van der Waals surface area contributed by atoms with Crippen LogP contribution in [0, 0.1) is 10.8 Å². The van der Waals surface area contributed by atoms with Crippen molar-refractivity contribution in [3.63, 3.8) is 0 Å². The molecule has 1 unspecified atom stereocenters. The molecular weight excluding hydrogens is 384 g/mol. The second-order valence-electron chi connectivity index (χ2n) is 7.36. The number of allylic oxidation sites excluding steroid dienone is 1. The molecule has 0 N–H and O–H groups in total. The second-order valence-corrected chi connectivity index (χ2v) is 7.36. The van der Waals surface area contributed by atoms with Crippen molar-refractivity contribution in [1.29, 1.82) is 0 Å². The smallest absolute Gasteiger partial charge is 0.337 e. The number of rotatable bonds is 7. The van der Waals surface area contributed by atoms with Crippen molar-refractivity contribution in [2.24, 2.45) is 10.8 Å². The van der Waals surface area contributed by atoms with Crippen molar-refractivity contribution < 1.29 is 28.6 Å². The molecule has 0 radical (unpaired) electrons. The fraction of sp³-hybridized carbons (Fsp3) is 0.292. The molecular formula is C24H24O6. The maximum Gasteiger partial charge on any atom is 0.337 e. The van der Waals surface area contributed by atoms with Crippen molar-refractivity contribution in [2.45, 2.75) is 12.8 Å². The first kappa shape index (κ1) is 21.3. The first-order valence-corrected chi connectivity index (χ1v) is 9.45. The Kier molecular flexibility index (Phi) is 5.78.